The van der Waals surface area contributed by atoms with Gasteiger partial charge >= 0.3 is 0 Å². The van der Waals surface area contributed by atoms with Crippen LogP contribution in [0.3, 0.4) is 0 Å². The van der Waals surface area contributed by atoms with Crippen LogP contribution in [0.5, 0.6) is 0 Å². The lowest BCUT2D eigenvalue weighted by Gasteiger charge is -2.34. The summed E-state index contributed by atoms with van der Waals surface area (Å²) < 4.78 is 26.4. The van der Waals surface area contributed by atoms with E-state index in [9.17, 15) is 13.2 Å². The first-order chi connectivity index (χ1) is 10.0. The van der Waals surface area contributed by atoms with Crippen molar-refractivity contribution in [1.29, 1.82) is 0 Å². The average Bonchev–Trinajstić information content (AvgIpc) is 2.48. The normalized spacial score (nSPS) is 17.8. The molecular formula is C13H22Cl2N4O3S. The summed E-state index contributed by atoms with van der Waals surface area (Å²) in [4.78, 5) is 17.7. The van der Waals surface area contributed by atoms with Crippen LogP contribution in [0.4, 0.5) is 0 Å². The van der Waals surface area contributed by atoms with Crippen molar-refractivity contribution in [2.24, 2.45) is 0 Å². The molecule has 1 amide bonds. The maximum atomic E-state index is 12.1. The highest BCUT2D eigenvalue weighted by Crippen LogP contribution is 2.07. The highest BCUT2D eigenvalue weighted by Gasteiger charge is 2.23. The van der Waals surface area contributed by atoms with Gasteiger partial charge in [0.25, 0.3) is 0 Å². The minimum Gasteiger partial charge on any atom is -0.337 e. The first kappa shape index (κ1) is 22.1. The van der Waals surface area contributed by atoms with Crippen LogP contribution in [0, 0.1) is 0 Å². The summed E-state index contributed by atoms with van der Waals surface area (Å²) in [5.74, 6) is -0.0297. The topological polar surface area (TPSA) is 91.4 Å². The Balaban J connectivity index is 0.00000242. The van der Waals surface area contributed by atoms with Crippen molar-refractivity contribution in [3.8, 4) is 0 Å². The third kappa shape index (κ3) is 6.23. The number of sulfonamides is 1. The van der Waals surface area contributed by atoms with Gasteiger partial charge in [-0.3, -0.25) is 9.78 Å². The maximum Gasteiger partial charge on any atom is 0.242 e. The van der Waals surface area contributed by atoms with Crippen LogP contribution in [0.2, 0.25) is 0 Å². The third-order valence-electron chi connectivity index (χ3n) is 3.40. The van der Waals surface area contributed by atoms with Crippen molar-refractivity contribution in [3.05, 3.63) is 24.5 Å². The second-order valence-electron chi connectivity index (χ2n) is 4.98. The molecule has 2 heterocycles. The molecule has 0 saturated carbocycles. The lowest BCUT2D eigenvalue weighted by atomic mass is 10.2. The Morgan fingerprint density at radius 3 is 2.83 bits per heavy atom. The smallest absolute Gasteiger partial charge is 0.242 e. The predicted molar refractivity (Wildman–Crippen MR) is 92.6 cm³/mol. The van der Waals surface area contributed by atoms with Gasteiger partial charge in [0.2, 0.25) is 15.9 Å². The minimum absolute atomic E-state index is 0. The molecule has 0 aliphatic carbocycles. The van der Waals surface area contributed by atoms with E-state index in [2.05, 4.69) is 15.0 Å². The summed E-state index contributed by atoms with van der Waals surface area (Å²) in [6.07, 6.45) is 2.95. The molecule has 0 unspecified atom stereocenters. The number of amides is 1. The zero-order valence-corrected chi connectivity index (χ0v) is 15.2. The predicted octanol–water partition coefficient (Wildman–Crippen LogP) is 0.414. The van der Waals surface area contributed by atoms with E-state index >= 15 is 0 Å². The molecule has 2 N–H and O–H groups in total. The number of aromatic nitrogens is 1. The quantitative estimate of drug-likeness (QED) is 0.767. The van der Waals surface area contributed by atoms with Gasteiger partial charge in [-0.25, -0.2) is 13.1 Å². The SMILES string of the molecule is C[C@@H]1CNCCN1C(=O)CCNS(=O)(=O)c1cccnc1.Cl.Cl. The molecule has 1 aromatic rings. The van der Waals surface area contributed by atoms with E-state index in [0.29, 0.717) is 6.54 Å². The van der Waals surface area contributed by atoms with Crippen molar-refractivity contribution < 1.29 is 13.2 Å². The highest BCUT2D eigenvalue weighted by atomic mass is 35.5. The number of piperazine rings is 1. The van der Waals surface area contributed by atoms with Gasteiger partial charge in [0.05, 0.1) is 0 Å². The molecule has 0 spiro atoms. The summed E-state index contributed by atoms with van der Waals surface area (Å²) >= 11 is 0. The van der Waals surface area contributed by atoms with E-state index in [0.717, 1.165) is 13.1 Å². The van der Waals surface area contributed by atoms with Crippen LogP contribution in [0.15, 0.2) is 29.4 Å². The molecule has 1 aliphatic rings. The monoisotopic (exact) mass is 384 g/mol. The fourth-order valence-electron chi connectivity index (χ4n) is 2.24. The molecule has 1 saturated heterocycles. The van der Waals surface area contributed by atoms with Crippen LogP contribution in [0.1, 0.15) is 13.3 Å². The summed E-state index contributed by atoms with van der Waals surface area (Å²) in [6, 6.07) is 3.17. The number of hydrogen-bond acceptors (Lipinski definition) is 5. The van der Waals surface area contributed by atoms with Crippen molar-refractivity contribution in [2.45, 2.75) is 24.3 Å². The second-order valence-corrected chi connectivity index (χ2v) is 6.74. The van der Waals surface area contributed by atoms with Crippen molar-refractivity contribution in [2.75, 3.05) is 26.2 Å². The molecule has 10 heteroatoms. The maximum absolute atomic E-state index is 12.1. The Bertz CT molecular complexity index is 586. The number of pyridine rings is 1. The fraction of sp³-hybridized carbons (Fsp3) is 0.538. The molecule has 1 atom stereocenters. The molecule has 0 aromatic carbocycles. The molecule has 132 valence electrons. The Morgan fingerprint density at radius 1 is 1.48 bits per heavy atom. The number of halogens is 2. The van der Waals surface area contributed by atoms with Crippen molar-refractivity contribution >= 4 is 40.7 Å². The Hall–Kier alpha value is -0.930. The molecular weight excluding hydrogens is 363 g/mol. The molecule has 1 aliphatic heterocycles. The molecule has 7 nitrogen and oxygen atoms in total. The molecule has 0 bridgehead atoms. The standard InChI is InChI=1S/C13H20N4O3S.2ClH/c1-11-9-15-7-8-17(11)13(18)4-6-16-21(19,20)12-3-2-5-14-10-12;;/h2-3,5,10-11,15-16H,4,6-9H2,1H3;2*1H/t11-;;/m1../s1. The van der Waals surface area contributed by atoms with Crippen LogP contribution < -0.4 is 10.0 Å². The van der Waals surface area contributed by atoms with Gasteiger partial charge in [-0.1, -0.05) is 0 Å². The van der Waals surface area contributed by atoms with Gasteiger partial charge in [0.1, 0.15) is 4.90 Å². The van der Waals surface area contributed by atoms with Gasteiger partial charge in [-0.05, 0) is 19.1 Å². The van der Waals surface area contributed by atoms with Crippen LogP contribution >= 0.6 is 24.8 Å². The zero-order chi connectivity index (χ0) is 15.3. The summed E-state index contributed by atoms with van der Waals surface area (Å²) in [6.45, 7) is 4.27. The number of nitrogens with zero attached hydrogens (tertiary/aromatic N) is 2. The number of carbonyl (C=O) groups excluding carboxylic acids is 1. The average molecular weight is 385 g/mol. The molecule has 2 rings (SSSR count). The molecule has 23 heavy (non-hydrogen) atoms. The fourth-order valence-corrected chi connectivity index (χ4v) is 3.23. The van der Waals surface area contributed by atoms with Gasteiger partial charge in [0.15, 0.2) is 0 Å². The number of carbonyl (C=O) groups is 1. The van der Waals surface area contributed by atoms with Crippen molar-refractivity contribution in [1.82, 2.24) is 19.9 Å². The third-order valence-corrected chi connectivity index (χ3v) is 4.84. The molecule has 0 radical (unpaired) electrons. The summed E-state index contributed by atoms with van der Waals surface area (Å²) in [5.41, 5.74) is 0. The van der Waals surface area contributed by atoms with Gasteiger partial charge in [0, 0.05) is 51.0 Å². The number of hydrogen-bond donors (Lipinski definition) is 2. The Labute approximate surface area is 149 Å². The summed E-state index contributed by atoms with van der Waals surface area (Å²) in [7, 11) is -3.60. The van der Waals surface area contributed by atoms with E-state index in [4.69, 9.17) is 0 Å². The zero-order valence-electron chi connectivity index (χ0n) is 12.8. The van der Waals surface area contributed by atoms with Crippen LogP contribution in [-0.2, 0) is 14.8 Å². The minimum atomic E-state index is -3.60. The van der Waals surface area contributed by atoms with E-state index in [1.165, 1.54) is 18.5 Å². The van der Waals surface area contributed by atoms with Gasteiger partial charge < -0.3 is 10.2 Å². The van der Waals surface area contributed by atoms with E-state index < -0.39 is 10.0 Å². The van der Waals surface area contributed by atoms with Crippen LogP contribution in [-0.4, -0.2) is 56.4 Å². The Morgan fingerprint density at radius 2 is 2.22 bits per heavy atom. The summed E-state index contributed by atoms with van der Waals surface area (Å²) in [5, 5.41) is 3.21. The van der Waals surface area contributed by atoms with E-state index in [1.807, 2.05) is 6.92 Å². The lowest BCUT2D eigenvalue weighted by molar-refractivity contribution is -0.133. The number of rotatable bonds is 5. The van der Waals surface area contributed by atoms with Gasteiger partial charge in [-0.2, -0.15) is 0 Å². The first-order valence-corrected chi connectivity index (χ1v) is 8.39. The highest BCUT2D eigenvalue weighted by molar-refractivity contribution is 7.89. The largest absolute Gasteiger partial charge is 0.337 e. The van der Waals surface area contributed by atoms with E-state index in [-0.39, 0.29) is 54.6 Å². The van der Waals surface area contributed by atoms with Crippen LogP contribution in [0.25, 0.3) is 0 Å². The first-order valence-electron chi connectivity index (χ1n) is 6.90. The molecule has 1 aromatic heterocycles. The number of nitrogens with one attached hydrogen (secondary N) is 2. The molecule has 1 fully saturated rings. The lowest BCUT2D eigenvalue weighted by Crippen LogP contribution is -2.52. The Kier molecular flexibility index (Phi) is 9.64. The second kappa shape index (κ2) is 10.0. The van der Waals surface area contributed by atoms with Crippen molar-refractivity contribution in [3.63, 3.8) is 0 Å². The van der Waals surface area contributed by atoms with E-state index in [1.54, 1.807) is 11.0 Å². The van der Waals surface area contributed by atoms with Gasteiger partial charge in [-0.15, -0.1) is 24.8 Å².